The van der Waals surface area contributed by atoms with Crippen molar-refractivity contribution in [3.05, 3.63) is 30.1 Å². The Morgan fingerprint density at radius 1 is 1.35 bits per heavy atom. The zero-order valence-corrected chi connectivity index (χ0v) is 11.6. The molecule has 110 valence electrons. The monoisotopic (exact) mass is 279 g/mol. The van der Waals surface area contributed by atoms with E-state index in [1.807, 2.05) is 19.1 Å². The van der Waals surface area contributed by atoms with E-state index >= 15 is 0 Å². The van der Waals surface area contributed by atoms with Crippen LogP contribution in [-0.4, -0.2) is 34.7 Å². The number of carbonyl (C=O) groups excluding carboxylic acids is 1. The molecular weight excluding hydrogens is 258 g/mol. The number of carboxylic acids is 1. The Morgan fingerprint density at radius 3 is 2.65 bits per heavy atom. The molecule has 0 aromatic carbocycles. The average Bonchev–Trinajstić information content (AvgIpc) is 2.39. The zero-order chi connectivity index (χ0) is 14.8. The molecule has 1 heterocycles. The lowest BCUT2D eigenvalue weighted by Gasteiger charge is -2.16. The maximum atomic E-state index is 11.7. The van der Waals surface area contributed by atoms with Gasteiger partial charge in [-0.05, 0) is 30.5 Å². The number of aliphatic carboxylic acids is 1. The third-order valence-electron chi connectivity index (χ3n) is 2.84. The van der Waals surface area contributed by atoms with Gasteiger partial charge < -0.3 is 15.7 Å². The van der Waals surface area contributed by atoms with Crippen LogP contribution in [0, 0.1) is 0 Å². The SMILES string of the molecule is CCCC(CC(=O)O)NC(=O)NCCc1ccncc1. The first-order valence-electron chi connectivity index (χ1n) is 6.77. The zero-order valence-electron chi connectivity index (χ0n) is 11.6. The summed E-state index contributed by atoms with van der Waals surface area (Å²) >= 11 is 0. The highest BCUT2D eigenvalue weighted by molar-refractivity contribution is 5.75. The van der Waals surface area contributed by atoms with Gasteiger partial charge in [-0.1, -0.05) is 13.3 Å². The molecule has 3 N–H and O–H groups in total. The molecule has 0 saturated heterocycles. The molecule has 1 aromatic heterocycles. The third kappa shape index (κ3) is 6.72. The molecule has 0 aliphatic heterocycles. The second-order valence-corrected chi connectivity index (χ2v) is 4.59. The number of aromatic nitrogens is 1. The number of hydrogen-bond acceptors (Lipinski definition) is 3. The van der Waals surface area contributed by atoms with E-state index < -0.39 is 5.97 Å². The van der Waals surface area contributed by atoms with Crippen LogP contribution in [0.5, 0.6) is 0 Å². The number of carbonyl (C=O) groups is 2. The van der Waals surface area contributed by atoms with Crippen LogP contribution >= 0.6 is 0 Å². The van der Waals surface area contributed by atoms with Crippen LogP contribution in [0.3, 0.4) is 0 Å². The van der Waals surface area contributed by atoms with E-state index in [1.54, 1.807) is 12.4 Å². The minimum atomic E-state index is -0.902. The van der Waals surface area contributed by atoms with Gasteiger partial charge in [0.15, 0.2) is 0 Å². The highest BCUT2D eigenvalue weighted by Crippen LogP contribution is 2.01. The average molecular weight is 279 g/mol. The summed E-state index contributed by atoms with van der Waals surface area (Å²) in [7, 11) is 0. The molecule has 6 heteroatoms. The van der Waals surface area contributed by atoms with Crippen molar-refractivity contribution in [1.29, 1.82) is 0 Å². The Bertz CT molecular complexity index is 423. The second kappa shape index (κ2) is 8.90. The van der Waals surface area contributed by atoms with Crippen LogP contribution < -0.4 is 10.6 Å². The number of amides is 2. The topological polar surface area (TPSA) is 91.3 Å². The van der Waals surface area contributed by atoms with E-state index in [9.17, 15) is 9.59 Å². The maximum Gasteiger partial charge on any atom is 0.315 e. The standard InChI is InChI=1S/C14H21N3O3/c1-2-3-12(10-13(18)19)17-14(20)16-9-6-11-4-7-15-8-5-11/h4-5,7-8,12H,2-3,6,9-10H2,1H3,(H,18,19)(H2,16,17,20). The Morgan fingerprint density at radius 2 is 2.05 bits per heavy atom. The molecule has 0 spiro atoms. The molecule has 1 unspecified atom stereocenters. The summed E-state index contributed by atoms with van der Waals surface area (Å²) in [5.74, 6) is -0.902. The van der Waals surface area contributed by atoms with Crippen LogP contribution in [0.15, 0.2) is 24.5 Å². The molecule has 1 atom stereocenters. The summed E-state index contributed by atoms with van der Waals surface area (Å²) in [5.41, 5.74) is 1.09. The number of nitrogens with one attached hydrogen (secondary N) is 2. The lowest BCUT2D eigenvalue weighted by molar-refractivity contribution is -0.137. The fourth-order valence-corrected chi connectivity index (χ4v) is 1.89. The van der Waals surface area contributed by atoms with E-state index in [0.29, 0.717) is 19.4 Å². The highest BCUT2D eigenvalue weighted by atomic mass is 16.4. The van der Waals surface area contributed by atoms with Crippen LogP contribution in [-0.2, 0) is 11.2 Å². The van der Waals surface area contributed by atoms with E-state index in [4.69, 9.17) is 5.11 Å². The van der Waals surface area contributed by atoms with Gasteiger partial charge in [0.1, 0.15) is 0 Å². The number of rotatable bonds is 8. The summed E-state index contributed by atoms with van der Waals surface area (Å²) in [4.78, 5) is 26.3. The summed E-state index contributed by atoms with van der Waals surface area (Å²) in [5, 5.41) is 14.2. The smallest absolute Gasteiger partial charge is 0.315 e. The highest BCUT2D eigenvalue weighted by Gasteiger charge is 2.14. The summed E-state index contributed by atoms with van der Waals surface area (Å²) < 4.78 is 0. The lowest BCUT2D eigenvalue weighted by atomic mass is 10.1. The largest absolute Gasteiger partial charge is 0.481 e. The van der Waals surface area contributed by atoms with Gasteiger partial charge in [-0.2, -0.15) is 0 Å². The maximum absolute atomic E-state index is 11.7. The van der Waals surface area contributed by atoms with Gasteiger partial charge in [0.25, 0.3) is 0 Å². The normalized spacial score (nSPS) is 11.7. The van der Waals surface area contributed by atoms with Crippen molar-refractivity contribution in [2.75, 3.05) is 6.54 Å². The molecule has 0 aliphatic rings. The number of carboxylic acid groups (broad SMARTS) is 1. The van der Waals surface area contributed by atoms with Crippen molar-refractivity contribution in [3.8, 4) is 0 Å². The van der Waals surface area contributed by atoms with Crippen LogP contribution in [0.25, 0.3) is 0 Å². The van der Waals surface area contributed by atoms with Gasteiger partial charge >= 0.3 is 12.0 Å². The molecule has 1 aromatic rings. The number of nitrogens with zero attached hydrogens (tertiary/aromatic N) is 1. The van der Waals surface area contributed by atoms with Crippen LogP contribution in [0.4, 0.5) is 4.79 Å². The molecule has 0 aliphatic carbocycles. The number of hydrogen-bond donors (Lipinski definition) is 3. The minimum absolute atomic E-state index is 0.0500. The van der Waals surface area contributed by atoms with Crippen LogP contribution in [0.2, 0.25) is 0 Å². The summed E-state index contributed by atoms with van der Waals surface area (Å²) in [6, 6.07) is 3.14. The van der Waals surface area contributed by atoms with Crippen LogP contribution in [0.1, 0.15) is 31.7 Å². The second-order valence-electron chi connectivity index (χ2n) is 4.59. The first kappa shape index (κ1) is 15.9. The molecule has 6 nitrogen and oxygen atoms in total. The predicted octanol–water partition coefficient (Wildman–Crippen LogP) is 1.57. The molecule has 2 amide bonds. The Hall–Kier alpha value is -2.11. The Balaban J connectivity index is 2.29. The first-order chi connectivity index (χ1) is 9.61. The van der Waals surface area contributed by atoms with Crippen molar-refractivity contribution in [3.63, 3.8) is 0 Å². The summed E-state index contributed by atoms with van der Waals surface area (Å²) in [6.45, 7) is 2.46. The number of pyridine rings is 1. The molecule has 0 bridgehead atoms. The van der Waals surface area contributed by atoms with Gasteiger partial charge in [0.2, 0.25) is 0 Å². The van der Waals surface area contributed by atoms with Gasteiger partial charge in [0, 0.05) is 25.0 Å². The number of urea groups is 1. The van der Waals surface area contributed by atoms with Gasteiger partial charge in [-0.3, -0.25) is 9.78 Å². The third-order valence-corrected chi connectivity index (χ3v) is 2.84. The quantitative estimate of drug-likeness (QED) is 0.673. The predicted molar refractivity (Wildman–Crippen MR) is 75.4 cm³/mol. The van der Waals surface area contributed by atoms with E-state index in [1.165, 1.54) is 0 Å². The van der Waals surface area contributed by atoms with E-state index in [0.717, 1.165) is 12.0 Å². The lowest BCUT2D eigenvalue weighted by Crippen LogP contribution is -2.43. The van der Waals surface area contributed by atoms with Crippen molar-refractivity contribution in [2.24, 2.45) is 0 Å². The summed E-state index contributed by atoms with van der Waals surface area (Å²) in [6.07, 6.45) is 5.57. The first-order valence-corrected chi connectivity index (χ1v) is 6.77. The van der Waals surface area contributed by atoms with E-state index in [-0.39, 0.29) is 18.5 Å². The molecule has 0 radical (unpaired) electrons. The van der Waals surface area contributed by atoms with Gasteiger partial charge in [0.05, 0.1) is 6.42 Å². The van der Waals surface area contributed by atoms with Crippen molar-refractivity contribution in [1.82, 2.24) is 15.6 Å². The molecule has 0 saturated carbocycles. The minimum Gasteiger partial charge on any atom is -0.481 e. The van der Waals surface area contributed by atoms with Crippen molar-refractivity contribution < 1.29 is 14.7 Å². The molecule has 20 heavy (non-hydrogen) atoms. The fourth-order valence-electron chi connectivity index (χ4n) is 1.89. The van der Waals surface area contributed by atoms with Crippen molar-refractivity contribution in [2.45, 2.75) is 38.6 Å². The van der Waals surface area contributed by atoms with Gasteiger partial charge in [-0.25, -0.2) is 4.79 Å². The Kier molecular flexibility index (Phi) is 7.10. The molecule has 1 rings (SSSR count). The van der Waals surface area contributed by atoms with E-state index in [2.05, 4.69) is 15.6 Å². The fraction of sp³-hybridized carbons (Fsp3) is 0.500. The Labute approximate surface area is 118 Å². The van der Waals surface area contributed by atoms with Crippen molar-refractivity contribution >= 4 is 12.0 Å². The van der Waals surface area contributed by atoms with Gasteiger partial charge in [-0.15, -0.1) is 0 Å². The molecular formula is C14H21N3O3. The molecule has 0 fully saturated rings.